The minimum absolute atomic E-state index is 0.631. The molecule has 0 radical (unpaired) electrons. The number of aliphatic hydroxyl groups is 2. The number of aliphatic hydroxyl groups excluding tert-OH is 2. The molecule has 0 amide bonds. The summed E-state index contributed by atoms with van der Waals surface area (Å²) >= 11 is 0. The van der Waals surface area contributed by atoms with E-state index in [2.05, 4.69) is 0 Å². The Morgan fingerprint density at radius 1 is 0.833 bits per heavy atom. The lowest BCUT2D eigenvalue weighted by atomic mass is 10.8. The molecule has 12 heavy (non-hydrogen) atoms. The van der Waals surface area contributed by atoms with Crippen LogP contribution >= 0.6 is 0 Å². The molecular weight excluding hydrogens is 208 g/mol. The zero-order chi connectivity index (χ0) is 10.2. The first-order chi connectivity index (χ1) is 5.07. The van der Waals surface area contributed by atoms with Gasteiger partial charge in [-0.1, -0.05) is 0 Å². The molecule has 0 bridgehead atoms. The normalized spacial score (nSPS) is 18.7. The molecule has 0 aromatic rings. The van der Waals surface area contributed by atoms with E-state index in [4.69, 9.17) is 10.2 Å². The standard InChI is InChI=1S/C4H10O6S2/c1-11(7,8)3(5)4(6)12(2,9)10/h3-6H,1-2H3. The molecule has 8 heteroatoms. The first-order valence-corrected chi connectivity index (χ1v) is 6.71. The van der Waals surface area contributed by atoms with Crippen LogP contribution in [0.1, 0.15) is 0 Å². The quantitative estimate of drug-likeness (QED) is 0.552. The number of rotatable bonds is 3. The summed E-state index contributed by atoms with van der Waals surface area (Å²) in [5.41, 5.74) is -4.57. The van der Waals surface area contributed by atoms with E-state index < -0.39 is 30.5 Å². The van der Waals surface area contributed by atoms with Crippen molar-refractivity contribution in [3.63, 3.8) is 0 Å². The molecule has 0 spiro atoms. The molecule has 0 rings (SSSR count). The maximum atomic E-state index is 10.5. The van der Waals surface area contributed by atoms with E-state index in [1.54, 1.807) is 0 Å². The van der Waals surface area contributed by atoms with Gasteiger partial charge in [0.25, 0.3) is 0 Å². The van der Waals surface area contributed by atoms with Gasteiger partial charge in [-0.25, -0.2) is 16.8 Å². The minimum Gasteiger partial charge on any atom is -0.374 e. The molecule has 0 saturated heterocycles. The van der Waals surface area contributed by atoms with Crippen LogP contribution in [0.5, 0.6) is 0 Å². The van der Waals surface area contributed by atoms with Crippen LogP contribution in [-0.4, -0.2) is 50.4 Å². The van der Waals surface area contributed by atoms with Crippen LogP contribution in [0.25, 0.3) is 0 Å². The summed E-state index contributed by atoms with van der Waals surface area (Å²) in [6, 6.07) is 0. The largest absolute Gasteiger partial charge is 0.374 e. The van der Waals surface area contributed by atoms with Crippen molar-refractivity contribution in [2.24, 2.45) is 0 Å². The predicted molar refractivity (Wildman–Crippen MR) is 41.7 cm³/mol. The van der Waals surface area contributed by atoms with E-state index >= 15 is 0 Å². The molecule has 74 valence electrons. The maximum absolute atomic E-state index is 10.5. The maximum Gasteiger partial charge on any atom is 0.195 e. The zero-order valence-electron chi connectivity index (χ0n) is 6.50. The molecule has 0 aromatic carbocycles. The van der Waals surface area contributed by atoms with Crippen molar-refractivity contribution in [3.05, 3.63) is 0 Å². The van der Waals surface area contributed by atoms with Crippen molar-refractivity contribution in [3.8, 4) is 0 Å². The monoisotopic (exact) mass is 218 g/mol. The number of hydrogen-bond acceptors (Lipinski definition) is 6. The molecule has 0 saturated carbocycles. The second-order valence-electron chi connectivity index (χ2n) is 2.44. The summed E-state index contributed by atoms with van der Waals surface area (Å²) in [5.74, 6) is 0. The molecule has 2 atom stereocenters. The van der Waals surface area contributed by atoms with E-state index in [1.807, 2.05) is 0 Å². The van der Waals surface area contributed by atoms with Gasteiger partial charge in [-0.2, -0.15) is 0 Å². The first kappa shape index (κ1) is 11.8. The Balaban J connectivity index is 4.89. The van der Waals surface area contributed by atoms with Crippen LogP contribution in [0.4, 0.5) is 0 Å². The van der Waals surface area contributed by atoms with Crippen molar-refractivity contribution < 1.29 is 27.0 Å². The number of hydrogen-bond donors (Lipinski definition) is 2. The molecule has 6 nitrogen and oxygen atoms in total. The van der Waals surface area contributed by atoms with Crippen molar-refractivity contribution >= 4 is 19.7 Å². The highest BCUT2D eigenvalue weighted by Crippen LogP contribution is 2.06. The Hall–Kier alpha value is -0.180. The molecule has 2 N–H and O–H groups in total. The third-order valence-corrected chi connectivity index (χ3v) is 3.56. The van der Waals surface area contributed by atoms with Gasteiger partial charge in [0.1, 0.15) is 0 Å². The highest BCUT2D eigenvalue weighted by Gasteiger charge is 2.33. The average Bonchev–Trinajstić information content (AvgIpc) is 1.80. The van der Waals surface area contributed by atoms with Crippen molar-refractivity contribution in [1.29, 1.82) is 0 Å². The lowest BCUT2D eigenvalue weighted by Crippen LogP contribution is -2.38. The Bertz CT molecular complexity index is 302. The highest BCUT2D eigenvalue weighted by molar-refractivity contribution is 7.95. The van der Waals surface area contributed by atoms with Gasteiger partial charge in [-0.3, -0.25) is 0 Å². The summed E-state index contributed by atoms with van der Waals surface area (Å²) in [4.78, 5) is 0. The third-order valence-electron chi connectivity index (χ3n) is 1.12. The van der Waals surface area contributed by atoms with Gasteiger partial charge >= 0.3 is 0 Å². The Morgan fingerprint density at radius 2 is 1.00 bits per heavy atom. The van der Waals surface area contributed by atoms with Gasteiger partial charge in [-0.05, 0) is 0 Å². The fourth-order valence-corrected chi connectivity index (χ4v) is 2.48. The van der Waals surface area contributed by atoms with Gasteiger partial charge in [0.05, 0.1) is 0 Å². The average molecular weight is 218 g/mol. The van der Waals surface area contributed by atoms with Crippen LogP contribution in [0.3, 0.4) is 0 Å². The van der Waals surface area contributed by atoms with E-state index in [0.29, 0.717) is 12.5 Å². The fraction of sp³-hybridized carbons (Fsp3) is 1.00. The number of sulfone groups is 2. The summed E-state index contributed by atoms with van der Waals surface area (Å²) in [6.45, 7) is 0. The molecule has 0 aliphatic rings. The summed E-state index contributed by atoms with van der Waals surface area (Å²) in [5, 5.41) is 17.5. The van der Waals surface area contributed by atoms with E-state index in [0.717, 1.165) is 0 Å². The van der Waals surface area contributed by atoms with Crippen LogP contribution in [-0.2, 0) is 19.7 Å². The Kier molecular flexibility index (Phi) is 3.24. The lowest BCUT2D eigenvalue weighted by molar-refractivity contribution is 0.121. The third kappa shape index (κ3) is 3.05. The van der Waals surface area contributed by atoms with Crippen LogP contribution in [0.15, 0.2) is 0 Å². The first-order valence-electron chi connectivity index (χ1n) is 2.80. The van der Waals surface area contributed by atoms with E-state index in [-0.39, 0.29) is 0 Å². The van der Waals surface area contributed by atoms with Gasteiger partial charge < -0.3 is 10.2 Å². The van der Waals surface area contributed by atoms with Gasteiger partial charge in [0, 0.05) is 12.5 Å². The minimum atomic E-state index is -3.96. The van der Waals surface area contributed by atoms with Gasteiger partial charge in [-0.15, -0.1) is 0 Å². The van der Waals surface area contributed by atoms with Crippen molar-refractivity contribution in [2.75, 3.05) is 12.5 Å². The topological polar surface area (TPSA) is 109 Å². The second-order valence-corrected chi connectivity index (χ2v) is 6.72. The molecule has 0 aliphatic carbocycles. The predicted octanol–water partition coefficient (Wildman–Crippen LogP) is -2.29. The smallest absolute Gasteiger partial charge is 0.195 e. The lowest BCUT2D eigenvalue weighted by Gasteiger charge is -2.13. The summed E-state index contributed by atoms with van der Waals surface area (Å²) < 4.78 is 42.2. The SMILES string of the molecule is CS(=O)(=O)C(O)C(O)S(C)(=O)=O. The molecular formula is C4H10O6S2. The van der Waals surface area contributed by atoms with Crippen molar-refractivity contribution in [1.82, 2.24) is 0 Å². The van der Waals surface area contributed by atoms with Crippen molar-refractivity contribution in [2.45, 2.75) is 10.9 Å². The summed E-state index contributed by atoms with van der Waals surface area (Å²) in [6.07, 6.45) is 1.26. The van der Waals surface area contributed by atoms with Crippen LogP contribution in [0.2, 0.25) is 0 Å². The molecule has 0 aliphatic heterocycles. The van der Waals surface area contributed by atoms with E-state index in [9.17, 15) is 16.8 Å². The highest BCUT2D eigenvalue weighted by atomic mass is 32.2. The second kappa shape index (κ2) is 3.29. The zero-order valence-corrected chi connectivity index (χ0v) is 8.13. The van der Waals surface area contributed by atoms with Gasteiger partial charge in [0.15, 0.2) is 30.5 Å². The fourth-order valence-electron chi connectivity index (χ4n) is 0.423. The van der Waals surface area contributed by atoms with E-state index in [1.165, 1.54) is 0 Å². The molecule has 0 fully saturated rings. The van der Waals surface area contributed by atoms with Crippen LogP contribution in [0, 0.1) is 0 Å². The van der Waals surface area contributed by atoms with Crippen LogP contribution < -0.4 is 0 Å². The Labute approximate surface area is 70.7 Å². The van der Waals surface area contributed by atoms with Gasteiger partial charge in [0.2, 0.25) is 0 Å². The molecule has 0 heterocycles. The Morgan fingerprint density at radius 3 is 1.08 bits per heavy atom. The molecule has 2 unspecified atom stereocenters. The molecule has 0 aromatic heterocycles. The summed E-state index contributed by atoms with van der Waals surface area (Å²) in [7, 11) is -7.92.